The quantitative estimate of drug-likeness (QED) is 0.381. The van der Waals surface area contributed by atoms with Crippen molar-refractivity contribution in [2.75, 3.05) is 17.7 Å². The van der Waals surface area contributed by atoms with E-state index in [2.05, 4.69) is 29.4 Å². The van der Waals surface area contributed by atoms with Crippen molar-refractivity contribution in [3.63, 3.8) is 0 Å². The molecule has 0 radical (unpaired) electrons. The molecule has 0 aliphatic carbocycles. The number of carbonyl (C=O) groups is 2. The minimum Gasteiger partial charge on any atom is -0.462 e. The van der Waals surface area contributed by atoms with Crippen LogP contribution in [0, 0.1) is 12.8 Å². The van der Waals surface area contributed by atoms with Crippen LogP contribution in [0.5, 0.6) is 0 Å². The first-order valence-electron chi connectivity index (χ1n) is 9.56. The number of nitrogens with one attached hydrogen (secondary N) is 1. The summed E-state index contributed by atoms with van der Waals surface area (Å²) in [6.07, 6.45) is 1.59. The second-order valence-corrected chi connectivity index (χ2v) is 8.96. The molecule has 0 unspecified atom stereocenters. The molecule has 0 saturated carbocycles. The Bertz CT molecular complexity index is 1010. The Morgan fingerprint density at radius 1 is 1.37 bits per heavy atom. The smallest absolute Gasteiger partial charge is 0.348 e. The number of amides is 1. The molecule has 0 saturated heterocycles. The highest BCUT2D eigenvalue weighted by Gasteiger charge is 2.19. The highest BCUT2D eigenvalue weighted by atomic mass is 32.2. The van der Waals surface area contributed by atoms with E-state index >= 15 is 0 Å². The SMILES string of the molecule is CCOC(=O)c1sc(NC(=O)CSc2nnc(-c3ccco3)n2CC(C)C)cc1C. The summed E-state index contributed by atoms with van der Waals surface area (Å²) in [5.74, 6) is 1.26. The number of thioether (sulfide) groups is 1. The molecule has 0 fully saturated rings. The summed E-state index contributed by atoms with van der Waals surface area (Å²) < 4.78 is 12.5. The first-order valence-corrected chi connectivity index (χ1v) is 11.4. The Kier molecular flexibility index (Phi) is 7.33. The van der Waals surface area contributed by atoms with E-state index in [1.54, 1.807) is 25.3 Å². The maximum atomic E-state index is 12.5. The Hall–Kier alpha value is -2.59. The van der Waals surface area contributed by atoms with Gasteiger partial charge in [-0.2, -0.15) is 0 Å². The number of rotatable bonds is 9. The second kappa shape index (κ2) is 9.94. The predicted molar refractivity (Wildman–Crippen MR) is 117 cm³/mol. The molecular formula is C20H24N4O4S2. The van der Waals surface area contributed by atoms with Crippen molar-refractivity contribution in [3.05, 3.63) is 34.9 Å². The van der Waals surface area contributed by atoms with E-state index < -0.39 is 0 Å². The van der Waals surface area contributed by atoms with E-state index in [-0.39, 0.29) is 17.6 Å². The maximum absolute atomic E-state index is 12.5. The fourth-order valence-electron chi connectivity index (χ4n) is 2.76. The van der Waals surface area contributed by atoms with Gasteiger partial charge in [-0.05, 0) is 43.5 Å². The third-order valence-electron chi connectivity index (χ3n) is 3.98. The van der Waals surface area contributed by atoms with E-state index in [0.717, 1.165) is 5.56 Å². The lowest BCUT2D eigenvalue weighted by atomic mass is 10.2. The molecule has 1 amide bonds. The van der Waals surface area contributed by atoms with E-state index in [9.17, 15) is 9.59 Å². The number of hydrogen-bond donors (Lipinski definition) is 1. The van der Waals surface area contributed by atoms with Crippen molar-refractivity contribution in [3.8, 4) is 11.6 Å². The summed E-state index contributed by atoms with van der Waals surface area (Å²) >= 11 is 2.52. The van der Waals surface area contributed by atoms with Crippen LogP contribution >= 0.6 is 23.1 Å². The van der Waals surface area contributed by atoms with Gasteiger partial charge >= 0.3 is 5.97 Å². The van der Waals surface area contributed by atoms with Gasteiger partial charge in [-0.3, -0.25) is 9.36 Å². The molecule has 0 spiro atoms. The van der Waals surface area contributed by atoms with Gasteiger partial charge in [-0.1, -0.05) is 25.6 Å². The van der Waals surface area contributed by atoms with Crippen LogP contribution in [-0.2, 0) is 16.1 Å². The molecule has 3 rings (SSSR count). The predicted octanol–water partition coefficient (Wildman–Crippen LogP) is 4.47. The summed E-state index contributed by atoms with van der Waals surface area (Å²) in [4.78, 5) is 24.9. The van der Waals surface area contributed by atoms with Gasteiger partial charge in [0, 0.05) is 6.54 Å². The standard InChI is InChI=1S/C20H24N4O4S2/c1-5-27-19(26)17-13(4)9-16(30-17)21-15(25)11-29-20-23-22-18(14-7-6-8-28-14)24(20)10-12(2)3/h6-9,12H,5,10-11H2,1-4H3,(H,21,25). The van der Waals surface area contributed by atoms with E-state index in [0.29, 0.717) is 45.7 Å². The fourth-order valence-corrected chi connectivity index (χ4v) is 4.49. The van der Waals surface area contributed by atoms with Gasteiger partial charge < -0.3 is 14.5 Å². The third kappa shape index (κ3) is 5.31. The highest BCUT2D eigenvalue weighted by molar-refractivity contribution is 7.99. The van der Waals surface area contributed by atoms with Crippen molar-refractivity contribution in [1.82, 2.24) is 14.8 Å². The number of carbonyl (C=O) groups excluding carboxylic acids is 2. The van der Waals surface area contributed by atoms with Gasteiger partial charge in [0.2, 0.25) is 5.91 Å². The van der Waals surface area contributed by atoms with Crippen LogP contribution in [-0.4, -0.2) is 39.0 Å². The van der Waals surface area contributed by atoms with E-state index in [1.165, 1.54) is 23.1 Å². The number of esters is 1. The zero-order valence-electron chi connectivity index (χ0n) is 17.3. The van der Waals surface area contributed by atoms with Crippen LogP contribution in [0.25, 0.3) is 11.6 Å². The Morgan fingerprint density at radius 3 is 2.83 bits per heavy atom. The van der Waals surface area contributed by atoms with Crippen molar-refractivity contribution in [2.24, 2.45) is 5.92 Å². The summed E-state index contributed by atoms with van der Waals surface area (Å²) in [6, 6.07) is 5.41. The Balaban J connectivity index is 1.66. The maximum Gasteiger partial charge on any atom is 0.348 e. The van der Waals surface area contributed by atoms with Gasteiger partial charge in [0.25, 0.3) is 0 Å². The first kappa shape index (κ1) is 22.1. The number of ether oxygens (including phenoxy) is 1. The zero-order chi connectivity index (χ0) is 21.7. The number of aryl methyl sites for hydroxylation is 1. The van der Waals surface area contributed by atoms with Gasteiger partial charge in [0.05, 0.1) is 23.6 Å². The summed E-state index contributed by atoms with van der Waals surface area (Å²) in [5, 5.41) is 12.6. The summed E-state index contributed by atoms with van der Waals surface area (Å²) in [5.41, 5.74) is 0.779. The molecule has 8 nitrogen and oxygen atoms in total. The van der Waals surface area contributed by atoms with E-state index in [1.807, 2.05) is 17.6 Å². The lowest BCUT2D eigenvalue weighted by Gasteiger charge is -2.11. The van der Waals surface area contributed by atoms with Crippen molar-refractivity contribution < 1.29 is 18.7 Å². The molecule has 160 valence electrons. The molecule has 1 N–H and O–H groups in total. The molecule has 3 heterocycles. The number of thiophene rings is 1. The lowest BCUT2D eigenvalue weighted by Crippen LogP contribution is -2.14. The number of hydrogen-bond acceptors (Lipinski definition) is 8. The lowest BCUT2D eigenvalue weighted by molar-refractivity contribution is -0.113. The minimum absolute atomic E-state index is 0.167. The average Bonchev–Trinajstić information content (AvgIpc) is 3.40. The monoisotopic (exact) mass is 448 g/mol. The van der Waals surface area contributed by atoms with Crippen LogP contribution in [0.1, 0.15) is 36.0 Å². The Morgan fingerprint density at radius 2 is 2.17 bits per heavy atom. The summed E-state index contributed by atoms with van der Waals surface area (Å²) in [6.45, 7) is 8.81. The van der Waals surface area contributed by atoms with Crippen molar-refractivity contribution in [2.45, 2.75) is 39.4 Å². The van der Waals surface area contributed by atoms with Gasteiger partial charge in [-0.25, -0.2) is 4.79 Å². The zero-order valence-corrected chi connectivity index (χ0v) is 18.9. The van der Waals surface area contributed by atoms with Gasteiger partial charge in [0.15, 0.2) is 16.7 Å². The molecule has 10 heteroatoms. The topological polar surface area (TPSA) is 99.2 Å². The van der Waals surface area contributed by atoms with Crippen molar-refractivity contribution in [1.29, 1.82) is 0 Å². The van der Waals surface area contributed by atoms with Gasteiger partial charge in [0.1, 0.15) is 4.88 Å². The normalized spacial score (nSPS) is 11.1. The first-order chi connectivity index (χ1) is 14.4. The molecule has 3 aromatic rings. The third-order valence-corrected chi connectivity index (χ3v) is 6.08. The number of nitrogens with zero attached hydrogens (tertiary/aromatic N) is 3. The summed E-state index contributed by atoms with van der Waals surface area (Å²) in [7, 11) is 0. The van der Waals surface area contributed by atoms with Crippen LogP contribution < -0.4 is 5.32 Å². The minimum atomic E-state index is -0.373. The number of aromatic nitrogens is 3. The molecule has 0 atom stereocenters. The molecule has 3 aromatic heterocycles. The number of anilines is 1. The van der Waals surface area contributed by atoms with Crippen LogP contribution in [0.3, 0.4) is 0 Å². The average molecular weight is 449 g/mol. The largest absolute Gasteiger partial charge is 0.462 e. The van der Waals surface area contributed by atoms with Crippen LogP contribution in [0.4, 0.5) is 5.00 Å². The number of furan rings is 1. The second-order valence-electron chi connectivity index (χ2n) is 6.97. The highest BCUT2D eigenvalue weighted by Crippen LogP contribution is 2.29. The molecule has 0 aromatic carbocycles. The van der Waals surface area contributed by atoms with E-state index in [4.69, 9.17) is 9.15 Å². The molecule has 0 aliphatic rings. The molecular weight excluding hydrogens is 424 g/mol. The van der Waals surface area contributed by atoms with Crippen LogP contribution in [0.15, 0.2) is 34.0 Å². The van der Waals surface area contributed by atoms with Gasteiger partial charge in [-0.15, -0.1) is 21.5 Å². The molecule has 30 heavy (non-hydrogen) atoms. The molecule has 0 bridgehead atoms. The Labute approximate surface area is 183 Å². The fraction of sp³-hybridized carbons (Fsp3) is 0.400. The van der Waals surface area contributed by atoms with Crippen LogP contribution in [0.2, 0.25) is 0 Å². The van der Waals surface area contributed by atoms with Crippen molar-refractivity contribution >= 4 is 40.0 Å². The molecule has 0 aliphatic heterocycles.